The van der Waals surface area contributed by atoms with Crippen LogP contribution in [0.2, 0.25) is 5.02 Å². The van der Waals surface area contributed by atoms with Crippen LogP contribution in [0.5, 0.6) is 0 Å². The molecule has 0 aliphatic heterocycles. The molecule has 7 nitrogen and oxygen atoms in total. The number of carbonyl (C=O) groups is 2. The third kappa shape index (κ3) is 4.94. The van der Waals surface area contributed by atoms with Gasteiger partial charge in [-0.15, -0.1) is 0 Å². The first kappa shape index (κ1) is 20.4. The van der Waals surface area contributed by atoms with E-state index in [1.807, 2.05) is 20.9 Å². The Morgan fingerprint density at radius 2 is 1.72 bits per heavy atom. The van der Waals surface area contributed by atoms with Crippen molar-refractivity contribution in [3.8, 4) is 0 Å². The number of aryl methyl sites for hydroxylation is 2. The summed E-state index contributed by atoms with van der Waals surface area (Å²) in [6.45, 7) is 3.74. The molecule has 0 spiro atoms. The molecule has 1 aromatic heterocycles. The number of nitrogens with zero attached hydrogens (tertiary/aromatic N) is 2. The van der Waals surface area contributed by atoms with Gasteiger partial charge in [-0.25, -0.2) is 0 Å². The summed E-state index contributed by atoms with van der Waals surface area (Å²) < 4.78 is 1.72. The van der Waals surface area contributed by atoms with Crippen molar-refractivity contribution < 1.29 is 9.59 Å². The zero-order valence-electron chi connectivity index (χ0n) is 16.4. The van der Waals surface area contributed by atoms with E-state index in [0.29, 0.717) is 27.6 Å². The number of carbonyl (C=O) groups excluding carboxylic acids is 2. The number of rotatable bonds is 6. The van der Waals surface area contributed by atoms with Gasteiger partial charge in [0.15, 0.2) is 0 Å². The van der Waals surface area contributed by atoms with Gasteiger partial charge in [0.25, 0.3) is 5.91 Å². The van der Waals surface area contributed by atoms with Crippen LogP contribution in [-0.2, 0) is 11.8 Å². The molecule has 2 amide bonds. The highest BCUT2D eigenvalue weighted by atomic mass is 35.5. The topological polar surface area (TPSA) is 88.1 Å². The summed E-state index contributed by atoms with van der Waals surface area (Å²) in [5.74, 6) is -0.508. The van der Waals surface area contributed by atoms with Gasteiger partial charge in [-0.2, -0.15) is 5.10 Å². The fraction of sp³-hybridized carbons (Fsp3) is 0.190. The molecule has 150 valence electrons. The van der Waals surface area contributed by atoms with E-state index >= 15 is 0 Å². The first-order chi connectivity index (χ1) is 13.8. The number of hydrogen-bond donors (Lipinski definition) is 3. The number of para-hydroxylation sites is 1. The van der Waals surface area contributed by atoms with Gasteiger partial charge in [0, 0.05) is 23.4 Å². The van der Waals surface area contributed by atoms with E-state index in [2.05, 4.69) is 21.0 Å². The first-order valence-electron chi connectivity index (χ1n) is 9.05. The molecule has 8 heteroatoms. The van der Waals surface area contributed by atoms with E-state index in [4.69, 9.17) is 11.6 Å². The largest absolute Gasteiger partial charge is 0.376 e. The standard InChI is InChI=1S/C21H22ClN5O2/c1-13-20(14(2)27(3)26-13)25-19(28)12-23-18-7-5-4-6-17(18)21(29)24-16-10-8-15(22)9-11-16/h4-11,23H,12H2,1-3H3,(H,24,29)(H,25,28). The maximum Gasteiger partial charge on any atom is 0.257 e. The van der Waals surface area contributed by atoms with Crippen LogP contribution in [0.1, 0.15) is 21.7 Å². The lowest BCUT2D eigenvalue weighted by Crippen LogP contribution is -2.24. The van der Waals surface area contributed by atoms with Crippen LogP contribution in [-0.4, -0.2) is 28.1 Å². The Kier molecular flexibility index (Phi) is 6.19. The molecule has 29 heavy (non-hydrogen) atoms. The Morgan fingerprint density at radius 3 is 2.38 bits per heavy atom. The lowest BCUT2D eigenvalue weighted by molar-refractivity contribution is -0.114. The quantitative estimate of drug-likeness (QED) is 0.572. The molecule has 0 radical (unpaired) electrons. The number of halogens is 1. The molecular weight excluding hydrogens is 390 g/mol. The second-order valence-electron chi connectivity index (χ2n) is 6.58. The van der Waals surface area contributed by atoms with Gasteiger partial charge in [-0.1, -0.05) is 23.7 Å². The summed E-state index contributed by atoms with van der Waals surface area (Å²) in [4.78, 5) is 25.0. The second kappa shape index (κ2) is 8.79. The molecule has 0 unspecified atom stereocenters. The van der Waals surface area contributed by atoms with Crippen molar-refractivity contribution in [3.05, 3.63) is 70.5 Å². The van der Waals surface area contributed by atoms with Crippen molar-refractivity contribution in [3.63, 3.8) is 0 Å². The van der Waals surface area contributed by atoms with Crippen LogP contribution in [0.4, 0.5) is 17.1 Å². The summed E-state index contributed by atoms with van der Waals surface area (Å²) in [5, 5.41) is 13.6. The van der Waals surface area contributed by atoms with Crippen LogP contribution in [0, 0.1) is 13.8 Å². The molecule has 0 aliphatic rings. The third-order valence-electron chi connectivity index (χ3n) is 4.49. The van der Waals surface area contributed by atoms with Crippen LogP contribution in [0.15, 0.2) is 48.5 Å². The Morgan fingerprint density at radius 1 is 1.03 bits per heavy atom. The SMILES string of the molecule is Cc1nn(C)c(C)c1NC(=O)CNc1ccccc1C(=O)Nc1ccc(Cl)cc1. The highest BCUT2D eigenvalue weighted by Crippen LogP contribution is 2.20. The molecule has 0 fully saturated rings. The Balaban J connectivity index is 1.66. The zero-order chi connectivity index (χ0) is 21.0. The van der Waals surface area contributed by atoms with Crippen LogP contribution in [0.3, 0.4) is 0 Å². The van der Waals surface area contributed by atoms with Crippen LogP contribution >= 0.6 is 11.6 Å². The molecule has 3 aromatic rings. The van der Waals surface area contributed by atoms with Crippen molar-refractivity contribution in [2.24, 2.45) is 7.05 Å². The van der Waals surface area contributed by atoms with Crippen molar-refractivity contribution >= 4 is 40.5 Å². The van der Waals surface area contributed by atoms with Gasteiger partial charge in [0.2, 0.25) is 5.91 Å². The molecule has 1 heterocycles. The van der Waals surface area contributed by atoms with E-state index in [0.717, 1.165) is 11.4 Å². The average molecular weight is 412 g/mol. The highest BCUT2D eigenvalue weighted by molar-refractivity contribution is 6.30. The zero-order valence-corrected chi connectivity index (χ0v) is 17.2. The minimum atomic E-state index is -0.283. The van der Waals surface area contributed by atoms with E-state index in [1.165, 1.54) is 0 Å². The van der Waals surface area contributed by atoms with E-state index < -0.39 is 0 Å². The normalized spacial score (nSPS) is 10.5. The summed E-state index contributed by atoms with van der Waals surface area (Å²) in [7, 11) is 1.83. The number of amides is 2. The van der Waals surface area contributed by atoms with Crippen LogP contribution in [0.25, 0.3) is 0 Å². The molecule has 2 aromatic carbocycles. The predicted octanol–water partition coefficient (Wildman–Crippen LogP) is 3.99. The molecule has 0 atom stereocenters. The minimum absolute atomic E-state index is 0.0129. The highest BCUT2D eigenvalue weighted by Gasteiger charge is 2.15. The molecule has 0 saturated carbocycles. The summed E-state index contributed by atoms with van der Waals surface area (Å²) in [6, 6.07) is 13.9. The summed E-state index contributed by atoms with van der Waals surface area (Å²) in [6.07, 6.45) is 0. The minimum Gasteiger partial charge on any atom is -0.376 e. The van der Waals surface area contributed by atoms with Gasteiger partial charge < -0.3 is 16.0 Å². The summed E-state index contributed by atoms with van der Waals surface area (Å²) >= 11 is 5.87. The van der Waals surface area contributed by atoms with Gasteiger partial charge >= 0.3 is 0 Å². The van der Waals surface area contributed by atoms with Crippen molar-refractivity contribution in [1.29, 1.82) is 0 Å². The van der Waals surface area contributed by atoms with Gasteiger partial charge in [-0.3, -0.25) is 14.3 Å². The van der Waals surface area contributed by atoms with Gasteiger partial charge in [-0.05, 0) is 50.2 Å². The maximum absolute atomic E-state index is 12.7. The maximum atomic E-state index is 12.7. The Hall–Kier alpha value is -3.32. The van der Waals surface area contributed by atoms with E-state index in [-0.39, 0.29) is 18.4 Å². The second-order valence-corrected chi connectivity index (χ2v) is 7.01. The first-order valence-corrected chi connectivity index (χ1v) is 9.43. The fourth-order valence-corrected chi connectivity index (χ4v) is 3.01. The molecule has 0 saturated heterocycles. The molecular formula is C21H22ClN5O2. The van der Waals surface area contributed by atoms with E-state index in [9.17, 15) is 9.59 Å². The van der Waals surface area contributed by atoms with Gasteiger partial charge in [0.1, 0.15) is 0 Å². The smallest absolute Gasteiger partial charge is 0.257 e. The number of benzene rings is 2. The Bertz CT molecular complexity index is 1040. The number of anilines is 3. The number of aromatic nitrogens is 2. The molecule has 3 rings (SSSR count). The van der Waals surface area contributed by atoms with Crippen LogP contribution < -0.4 is 16.0 Å². The monoisotopic (exact) mass is 411 g/mol. The Labute approximate surface area is 174 Å². The van der Waals surface area contributed by atoms with Gasteiger partial charge in [0.05, 0.1) is 29.2 Å². The molecule has 3 N–H and O–H groups in total. The lowest BCUT2D eigenvalue weighted by Gasteiger charge is -2.13. The van der Waals surface area contributed by atoms with Crippen molar-refractivity contribution in [1.82, 2.24) is 9.78 Å². The molecule has 0 aliphatic carbocycles. The summed E-state index contributed by atoms with van der Waals surface area (Å²) in [5.41, 5.74) is 3.96. The van der Waals surface area contributed by atoms with E-state index in [1.54, 1.807) is 53.2 Å². The third-order valence-corrected chi connectivity index (χ3v) is 4.74. The van der Waals surface area contributed by atoms with Crippen molar-refractivity contribution in [2.75, 3.05) is 22.5 Å². The molecule has 0 bridgehead atoms. The lowest BCUT2D eigenvalue weighted by atomic mass is 10.1. The number of hydrogen-bond acceptors (Lipinski definition) is 4. The fourth-order valence-electron chi connectivity index (χ4n) is 2.88. The number of nitrogens with one attached hydrogen (secondary N) is 3. The predicted molar refractivity (Wildman–Crippen MR) is 116 cm³/mol. The van der Waals surface area contributed by atoms with Crippen molar-refractivity contribution in [2.45, 2.75) is 13.8 Å². The average Bonchev–Trinajstić information content (AvgIpc) is 2.94.